The summed E-state index contributed by atoms with van der Waals surface area (Å²) in [5.74, 6) is -0.332. The Balaban J connectivity index is 2.56. The molecule has 2 N–H and O–H groups in total. The zero-order valence-corrected chi connectivity index (χ0v) is 16.2. The van der Waals surface area contributed by atoms with Crippen molar-refractivity contribution in [3.05, 3.63) is 42.0 Å². The summed E-state index contributed by atoms with van der Waals surface area (Å²) in [4.78, 5) is 23.8. The Kier molecular flexibility index (Phi) is 6.79. The van der Waals surface area contributed by atoms with Crippen LogP contribution >= 0.6 is 0 Å². The van der Waals surface area contributed by atoms with Crippen molar-refractivity contribution < 1.29 is 14.3 Å². The van der Waals surface area contributed by atoms with Gasteiger partial charge in [0.15, 0.2) is 0 Å². The minimum absolute atomic E-state index is 0.135. The highest BCUT2D eigenvalue weighted by Crippen LogP contribution is 2.23. The van der Waals surface area contributed by atoms with Crippen molar-refractivity contribution in [3.63, 3.8) is 0 Å². The van der Waals surface area contributed by atoms with Crippen LogP contribution in [0.4, 0.5) is 4.79 Å². The number of urea groups is 1. The van der Waals surface area contributed by atoms with Crippen LogP contribution in [0.2, 0.25) is 0 Å². The third-order valence-electron chi connectivity index (χ3n) is 3.54. The van der Waals surface area contributed by atoms with E-state index in [4.69, 9.17) is 4.74 Å². The number of ether oxygens (including phenoxy) is 1. The fraction of sp³-hybridized carbons (Fsp3) is 0.500. The lowest BCUT2D eigenvalue weighted by Crippen LogP contribution is -2.47. The van der Waals surface area contributed by atoms with Crippen LogP contribution in [0.1, 0.15) is 59.1 Å². The van der Waals surface area contributed by atoms with Crippen molar-refractivity contribution in [2.75, 3.05) is 6.54 Å². The lowest BCUT2D eigenvalue weighted by Gasteiger charge is -2.27. The number of hydrogen-bond acceptors (Lipinski definition) is 3. The monoisotopic (exact) mass is 346 g/mol. The molecule has 1 rings (SSSR count). The van der Waals surface area contributed by atoms with Crippen molar-refractivity contribution in [1.82, 2.24) is 10.6 Å². The van der Waals surface area contributed by atoms with E-state index in [0.29, 0.717) is 0 Å². The van der Waals surface area contributed by atoms with Crippen molar-refractivity contribution in [1.29, 1.82) is 0 Å². The highest BCUT2D eigenvalue weighted by atomic mass is 16.6. The van der Waals surface area contributed by atoms with E-state index >= 15 is 0 Å². The number of nitrogens with one attached hydrogen (secondary N) is 2. The van der Waals surface area contributed by atoms with E-state index < -0.39 is 11.1 Å². The van der Waals surface area contributed by atoms with Gasteiger partial charge in [0.2, 0.25) is 0 Å². The van der Waals surface area contributed by atoms with Crippen molar-refractivity contribution >= 4 is 17.6 Å². The molecule has 2 amide bonds. The van der Waals surface area contributed by atoms with Gasteiger partial charge in [-0.2, -0.15) is 0 Å². The zero-order valence-electron chi connectivity index (χ0n) is 16.2. The van der Waals surface area contributed by atoms with Gasteiger partial charge < -0.3 is 15.4 Å². The molecule has 0 spiro atoms. The van der Waals surface area contributed by atoms with Crippen molar-refractivity contribution in [2.24, 2.45) is 0 Å². The molecule has 5 nitrogen and oxygen atoms in total. The molecule has 0 saturated heterocycles. The molecule has 25 heavy (non-hydrogen) atoms. The molecule has 138 valence electrons. The maximum absolute atomic E-state index is 12.1. The minimum Gasteiger partial charge on any atom is -0.460 e. The first-order valence-electron chi connectivity index (χ1n) is 8.45. The Labute approximate surface area is 150 Å². The lowest BCUT2D eigenvalue weighted by molar-refractivity contribution is -0.154. The zero-order chi connectivity index (χ0) is 19.3. The second kappa shape index (κ2) is 8.19. The summed E-state index contributed by atoms with van der Waals surface area (Å²) in [5.41, 5.74) is 1.92. The van der Waals surface area contributed by atoms with E-state index in [2.05, 4.69) is 17.2 Å². The van der Waals surface area contributed by atoms with Crippen LogP contribution in [0.15, 0.2) is 30.8 Å². The maximum Gasteiger partial charge on any atom is 0.315 e. The fourth-order valence-electron chi connectivity index (χ4n) is 2.24. The molecule has 0 heterocycles. The van der Waals surface area contributed by atoms with Crippen LogP contribution in [-0.2, 0) is 15.1 Å². The van der Waals surface area contributed by atoms with E-state index in [0.717, 1.165) is 16.7 Å². The standard InChI is InChI=1S/C20H30N2O3/c1-14(2)15-9-8-10-16(13-15)20(6,7)22-18(24)21-12-11-17(23)25-19(3,4)5/h8-10,13H,1,11-12H2,2-7H3,(H2,21,22,24). The average Bonchev–Trinajstić information content (AvgIpc) is 2.44. The Morgan fingerprint density at radius 3 is 2.36 bits per heavy atom. The molecule has 0 aliphatic heterocycles. The van der Waals surface area contributed by atoms with Gasteiger partial charge in [0.25, 0.3) is 0 Å². The number of carbonyl (C=O) groups excluding carboxylic acids is 2. The Morgan fingerprint density at radius 1 is 1.16 bits per heavy atom. The lowest BCUT2D eigenvalue weighted by atomic mass is 9.92. The van der Waals surface area contributed by atoms with Crippen LogP contribution < -0.4 is 10.6 Å². The summed E-state index contributed by atoms with van der Waals surface area (Å²) in [5, 5.41) is 5.62. The summed E-state index contributed by atoms with van der Waals surface area (Å²) >= 11 is 0. The first-order valence-corrected chi connectivity index (χ1v) is 8.45. The third-order valence-corrected chi connectivity index (χ3v) is 3.54. The third kappa shape index (κ3) is 7.42. The van der Waals surface area contributed by atoms with Crippen LogP contribution in [0.25, 0.3) is 5.57 Å². The molecule has 0 aliphatic rings. The average molecular weight is 346 g/mol. The van der Waals surface area contributed by atoms with Crippen LogP contribution in [0.3, 0.4) is 0 Å². The van der Waals surface area contributed by atoms with Crippen LogP contribution in [0, 0.1) is 0 Å². The quantitative estimate of drug-likeness (QED) is 0.766. The van der Waals surface area contributed by atoms with Gasteiger partial charge in [-0.3, -0.25) is 4.79 Å². The highest BCUT2D eigenvalue weighted by Gasteiger charge is 2.23. The summed E-state index contributed by atoms with van der Waals surface area (Å²) in [6, 6.07) is 7.59. The van der Waals surface area contributed by atoms with E-state index in [1.807, 2.05) is 65.8 Å². The normalized spacial score (nSPS) is 11.6. The SMILES string of the molecule is C=C(C)c1cccc(C(C)(C)NC(=O)NCCC(=O)OC(C)(C)C)c1. The molecule has 1 aromatic carbocycles. The predicted octanol–water partition coefficient (Wildman–Crippen LogP) is 3.99. The van der Waals surface area contributed by atoms with Gasteiger partial charge in [0.1, 0.15) is 5.60 Å². The van der Waals surface area contributed by atoms with E-state index in [1.54, 1.807) is 0 Å². The molecule has 1 aromatic rings. The van der Waals surface area contributed by atoms with Crippen LogP contribution in [0.5, 0.6) is 0 Å². The predicted molar refractivity (Wildman–Crippen MR) is 101 cm³/mol. The molecule has 0 aromatic heterocycles. The number of rotatable bonds is 6. The number of carbonyl (C=O) groups is 2. The molecular weight excluding hydrogens is 316 g/mol. The number of hydrogen-bond donors (Lipinski definition) is 2. The summed E-state index contributed by atoms with van der Waals surface area (Å²) in [6.45, 7) is 15.4. The summed E-state index contributed by atoms with van der Waals surface area (Å²) < 4.78 is 5.21. The van der Waals surface area contributed by atoms with Gasteiger partial charge in [-0.15, -0.1) is 0 Å². The van der Waals surface area contributed by atoms with Gasteiger partial charge in [-0.25, -0.2) is 4.79 Å². The van der Waals surface area contributed by atoms with E-state index in [1.165, 1.54) is 0 Å². The summed E-state index contributed by atoms with van der Waals surface area (Å²) in [7, 11) is 0. The smallest absolute Gasteiger partial charge is 0.315 e. The second-order valence-corrected chi connectivity index (χ2v) is 7.70. The van der Waals surface area contributed by atoms with Crippen molar-refractivity contribution in [3.8, 4) is 0 Å². The van der Waals surface area contributed by atoms with Gasteiger partial charge in [0, 0.05) is 6.54 Å². The Hall–Kier alpha value is -2.30. The van der Waals surface area contributed by atoms with Crippen LogP contribution in [-0.4, -0.2) is 24.1 Å². The molecular formula is C20H30N2O3. The Morgan fingerprint density at radius 2 is 1.80 bits per heavy atom. The van der Waals surface area contributed by atoms with Gasteiger partial charge in [-0.1, -0.05) is 30.4 Å². The number of amides is 2. The van der Waals surface area contributed by atoms with Gasteiger partial charge >= 0.3 is 12.0 Å². The molecule has 0 atom stereocenters. The van der Waals surface area contributed by atoms with Gasteiger partial charge in [0.05, 0.1) is 12.0 Å². The number of allylic oxidation sites excluding steroid dienone is 1. The largest absolute Gasteiger partial charge is 0.460 e. The van der Waals surface area contributed by atoms with E-state index in [-0.39, 0.29) is 25.0 Å². The number of benzene rings is 1. The Bertz CT molecular complexity index is 643. The summed E-state index contributed by atoms with van der Waals surface area (Å²) in [6.07, 6.45) is 0.135. The van der Waals surface area contributed by atoms with E-state index in [9.17, 15) is 9.59 Å². The molecule has 0 fully saturated rings. The van der Waals surface area contributed by atoms with Gasteiger partial charge in [-0.05, 0) is 58.7 Å². The molecule has 0 aliphatic carbocycles. The topological polar surface area (TPSA) is 67.4 Å². The van der Waals surface area contributed by atoms with Crippen molar-refractivity contribution in [2.45, 2.75) is 59.1 Å². The molecule has 0 unspecified atom stereocenters. The second-order valence-electron chi connectivity index (χ2n) is 7.70. The maximum atomic E-state index is 12.1. The molecule has 0 saturated carbocycles. The fourth-order valence-corrected chi connectivity index (χ4v) is 2.24. The first kappa shape index (κ1) is 20.7. The number of esters is 1. The molecule has 0 radical (unpaired) electrons. The molecule has 0 bridgehead atoms. The minimum atomic E-state index is -0.554. The highest BCUT2D eigenvalue weighted by molar-refractivity contribution is 5.76. The first-order chi connectivity index (χ1) is 11.4. The molecule has 5 heteroatoms.